The third-order valence-corrected chi connectivity index (χ3v) is 6.85. The van der Waals surface area contributed by atoms with Crippen molar-refractivity contribution in [1.82, 2.24) is 14.9 Å². The second kappa shape index (κ2) is 8.19. The van der Waals surface area contributed by atoms with Crippen LogP contribution < -0.4 is 0 Å². The molecular weight excluding hydrogens is 470 g/mol. The summed E-state index contributed by atoms with van der Waals surface area (Å²) in [4.78, 5) is 22.7. The van der Waals surface area contributed by atoms with Gasteiger partial charge in [-0.05, 0) is 90.4 Å². The number of aromatic nitrogens is 2. The van der Waals surface area contributed by atoms with Gasteiger partial charge in [0.2, 0.25) is 0 Å². The number of hydrogen-bond donors (Lipinski definition) is 1. The standard InChI is InChI=1S/C25H28BrN3O3/c1-25(2,3)32-24(30)29-7-4-5-22(29)18-10-16(9-15-6-8-31-14-20(15)18)17-11-19-21(26)13-28-23(19)27-12-17/h9-13,22H,4-8,14H2,1-3H3,(H,27,28)/t22-/m0/s1. The molecule has 5 rings (SSSR count). The number of H-pyrrole nitrogens is 1. The van der Waals surface area contributed by atoms with Crippen LogP contribution in [-0.4, -0.2) is 39.7 Å². The lowest BCUT2D eigenvalue weighted by molar-refractivity contribution is 0.0221. The fourth-order valence-corrected chi connectivity index (χ4v) is 5.15. The summed E-state index contributed by atoms with van der Waals surface area (Å²) in [6.45, 7) is 7.75. The second-order valence-corrected chi connectivity index (χ2v) is 10.4. The summed E-state index contributed by atoms with van der Waals surface area (Å²) < 4.78 is 12.5. The van der Waals surface area contributed by atoms with Crippen LogP contribution in [0.3, 0.4) is 0 Å². The molecule has 1 N–H and O–H groups in total. The van der Waals surface area contributed by atoms with E-state index in [4.69, 9.17) is 9.47 Å². The van der Waals surface area contributed by atoms with Crippen molar-refractivity contribution in [2.75, 3.05) is 13.2 Å². The number of amides is 1. The number of likely N-dealkylation sites (tertiary alicyclic amines) is 1. The molecule has 1 saturated heterocycles. The maximum absolute atomic E-state index is 13.0. The number of nitrogens with one attached hydrogen (secondary N) is 1. The number of hydrogen-bond acceptors (Lipinski definition) is 4. The summed E-state index contributed by atoms with van der Waals surface area (Å²) in [6, 6.07) is 6.64. The number of carbonyl (C=O) groups excluding carboxylic acids is 1. The first kappa shape index (κ1) is 21.5. The summed E-state index contributed by atoms with van der Waals surface area (Å²) in [7, 11) is 0. The summed E-state index contributed by atoms with van der Waals surface area (Å²) in [5.41, 5.74) is 6.23. The van der Waals surface area contributed by atoms with Gasteiger partial charge >= 0.3 is 6.09 Å². The van der Waals surface area contributed by atoms with E-state index in [1.807, 2.05) is 38.1 Å². The number of rotatable bonds is 2. The molecular formula is C25H28BrN3O3. The van der Waals surface area contributed by atoms with E-state index in [0.29, 0.717) is 13.2 Å². The quantitative estimate of drug-likeness (QED) is 0.461. The highest BCUT2D eigenvalue weighted by atomic mass is 79.9. The van der Waals surface area contributed by atoms with Gasteiger partial charge in [-0.15, -0.1) is 0 Å². The Morgan fingerprint density at radius 2 is 2.12 bits per heavy atom. The van der Waals surface area contributed by atoms with Crippen molar-refractivity contribution in [2.24, 2.45) is 0 Å². The number of nitrogens with zero attached hydrogens (tertiary/aromatic N) is 2. The molecule has 0 saturated carbocycles. The van der Waals surface area contributed by atoms with Gasteiger partial charge in [0.05, 0.1) is 19.3 Å². The van der Waals surface area contributed by atoms with Crippen molar-refractivity contribution in [3.63, 3.8) is 0 Å². The van der Waals surface area contributed by atoms with E-state index in [1.54, 1.807) is 0 Å². The van der Waals surface area contributed by atoms with Gasteiger partial charge in [0.1, 0.15) is 11.2 Å². The van der Waals surface area contributed by atoms with Gasteiger partial charge in [-0.3, -0.25) is 0 Å². The average molecular weight is 498 g/mol. The van der Waals surface area contributed by atoms with Gasteiger partial charge < -0.3 is 19.4 Å². The second-order valence-electron chi connectivity index (χ2n) is 9.59. The van der Waals surface area contributed by atoms with Crippen LogP contribution in [-0.2, 0) is 22.5 Å². The van der Waals surface area contributed by atoms with Crippen LogP contribution in [0, 0.1) is 0 Å². The van der Waals surface area contributed by atoms with Gasteiger partial charge in [0, 0.05) is 34.4 Å². The maximum Gasteiger partial charge on any atom is 0.410 e. The number of carbonyl (C=O) groups is 1. The summed E-state index contributed by atoms with van der Waals surface area (Å²) in [6.07, 6.45) is 6.35. The van der Waals surface area contributed by atoms with Crippen molar-refractivity contribution < 1.29 is 14.3 Å². The van der Waals surface area contributed by atoms with E-state index < -0.39 is 5.60 Å². The summed E-state index contributed by atoms with van der Waals surface area (Å²) in [5.74, 6) is 0. The zero-order chi connectivity index (χ0) is 22.5. The van der Waals surface area contributed by atoms with Gasteiger partial charge in [-0.1, -0.05) is 6.07 Å². The number of pyridine rings is 1. The Hall–Kier alpha value is -2.38. The molecule has 1 fully saturated rings. The van der Waals surface area contributed by atoms with Crippen LogP contribution in [0.5, 0.6) is 0 Å². The number of fused-ring (bicyclic) bond motifs is 2. The first-order valence-corrected chi connectivity index (χ1v) is 12.0. The molecule has 32 heavy (non-hydrogen) atoms. The van der Waals surface area contributed by atoms with Crippen LogP contribution in [0.1, 0.15) is 56.3 Å². The first-order chi connectivity index (χ1) is 15.3. The van der Waals surface area contributed by atoms with E-state index in [0.717, 1.165) is 52.5 Å². The van der Waals surface area contributed by atoms with Crippen molar-refractivity contribution >= 4 is 33.1 Å². The molecule has 4 heterocycles. The summed E-state index contributed by atoms with van der Waals surface area (Å²) >= 11 is 3.60. The predicted octanol–water partition coefficient (Wildman–Crippen LogP) is 6.14. The molecule has 0 bridgehead atoms. The van der Waals surface area contributed by atoms with Gasteiger partial charge in [0.25, 0.3) is 0 Å². The molecule has 2 aliphatic rings. The predicted molar refractivity (Wildman–Crippen MR) is 128 cm³/mol. The fraction of sp³-hybridized carbons (Fsp3) is 0.440. The minimum atomic E-state index is -0.514. The topological polar surface area (TPSA) is 67.5 Å². The Morgan fingerprint density at radius 3 is 2.94 bits per heavy atom. The first-order valence-electron chi connectivity index (χ1n) is 11.2. The highest BCUT2D eigenvalue weighted by Crippen LogP contribution is 2.40. The minimum absolute atomic E-state index is 0.00376. The van der Waals surface area contributed by atoms with E-state index in [-0.39, 0.29) is 12.1 Å². The molecule has 0 aliphatic carbocycles. The van der Waals surface area contributed by atoms with Crippen molar-refractivity contribution in [3.05, 3.63) is 51.8 Å². The molecule has 0 unspecified atom stereocenters. The fourth-order valence-electron chi connectivity index (χ4n) is 4.73. The van der Waals surface area contributed by atoms with Crippen LogP contribution in [0.25, 0.3) is 22.2 Å². The number of aromatic amines is 1. The van der Waals surface area contributed by atoms with E-state index in [2.05, 4.69) is 44.1 Å². The molecule has 2 aromatic heterocycles. The zero-order valence-corrected chi connectivity index (χ0v) is 20.3. The lowest BCUT2D eigenvalue weighted by atomic mass is 9.88. The highest BCUT2D eigenvalue weighted by molar-refractivity contribution is 9.10. The third-order valence-electron chi connectivity index (χ3n) is 6.19. The average Bonchev–Trinajstić information content (AvgIpc) is 3.39. The molecule has 1 aromatic carbocycles. The van der Waals surface area contributed by atoms with Gasteiger partial charge in [-0.2, -0.15) is 0 Å². The van der Waals surface area contributed by atoms with Crippen molar-refractivity contribution in [2.45, 2.75) is 58.3 Å². The zero-order valence-electron chi connectivity index (χ0n) is 18.7. The molecule has 2 aliphatic heterocycles. The Bertz CT molecular complexity index is 1180. The van der Waals surface area contributed by atoms with Crippen molar-refractivity contribution in [1.29, 1.82) is 0 Å². The number of benzene rings is 1. The number of ether oxygens (including phenoxy) is 2. The van der Waals surface area contributed by atoms with Gasteiger partial charge in [0.15, 0.2) is 0 Å². The maximum atomic E-state index is 13.0. The molecule has 6 nitrogen and oxygen atoms in total. The number of halogens is 1. The Kier molecular flexibility index (Phi) is 5.50. The summed E-state index contributed by atoms with van der Waals surface area (Å²) in [5, 5.41) is 1.06. The molecule has 7 heteroatoms. The lowest BCUT2D eigenvalue weighted by Crippen LogP contribution is -2.36. The Morgan fingerprint density at radius 1 is 1.28 bits per heavy atom. The monoisotopic (exact) mass is 497 g/mol. The molecule has 1 amide bonds. The normalized spacial score (nSPS) is 18.8. The molecule has 3 aromatic rings. The SMILES string of the molecule is CC(C)(C)OC(=O)N1CCC[C@H]1c1cc(-c2cnc3[nH]cc(Br)c3c2)cc2c1COCC2. The van der Waals surface area contributed by atoms with Gasteiger partial charge in [-0.25, -0.2) is 9.78 Å². The van der Waals surface area contributed by atoms with Crippen LogP contribution >= 0.6 is 15.9 Å². The van der Waals surface area contributed by atoms with Crippen LogP contribution in [0.4, 0.5) is 4.79 Å². The van der Waals surface area contributed by atoms with E-state index in [1.165, 1.54) is 16.7 Å². The highest BCUT2D eigenvalue weighted by Gasteiger charge is 2.35. The smallest absolute Gasteiger partial charge is 0.410 e. The van der Waals surface area contributed by atoms with E-state index in [9.17, 15) is 4.79 Å². The van der Waals surface area contributed by atoms with E-state index >= 15 is 0 Å². The third kappa shape index (κ3) is 4.04. The van der Waals surface area contributed by atoms with Crippen molar-refractivity contribution in [3.8, 4) is 11.1 Å². The molecule has 1 atom stereocenters. The molecule has 0 radical (unpaired) electrons. The molecule has 168 valence electrons. The Labute approximate surface area is 196 Å². The van der Waals surface area contributed by atoms with Crippen LogP contribution in [0.15, 0.2) is 35.1 Å². The minimum Gasteiger partial charge on any atom is -0.444 e. The lowest BCUT2D eigenvalue weighted by Gasteiger charge is -2.31. The largest absolute Gasteiger partial charge is 0.444 e. The van der Waals surface area contributed by atoms with Crippen LogP contribution in [0.2, 0.25) is 0 Å². The Balaban J connectivity index is 1.58. The molecule has 0 spiro atoms.